The normalized spacial score (nSPS) is 11.6. The molecule has 0 radical (unpaired) electrons. The minimum atomic E-state index is -0.744. The topological polar surface area (TPSA) is 87.3 Å². The highest BCUT2D eigenvalue weighted by atomic mass is 35.5. The van der Waals surface area contributed by atoms with Gasteiger partial charge in [0.05, 0.1) is 10.6 Å². The Labute approximate surface area is 169 Å². The molecule has 7 heteroatoms. The van der Waals surface area contributed by atoms with Gasteiger partial charge < -0.3 is 16.0 Å². The van der Waals surface area contributed by atoms with Crippen LogP contribution in [0.1, 0.15) is 40.1 Å². The number of carbonyl (C=O) groups excluding carboxylic acids is 3. The first-order chi connectivity index (χ1) is 13.2. The van der Waals surface area contributed by atoms with Crippen molar-refractivity contribution >= 4 is 35.0 Å². The Bertz CT molecular complexity index is 896. The summed E-state index contributed by atoms with van der Waals surface area (Å²) in [4.78, 5) is 37.3. The summed E-state index contributed by atoms with van der Waals surface area (Å²) in [7, 11) is 1.50. The number of amides is 3. The van der Waals surface area contributed by atoms with Crippen molar-refractivity contribution in [2.45, 2.75) is 26.8 Å². The monoisotopic (exact) mass is 401 g/mol. The molecule has 0 aromatic heterocycles. The molecule has 0 saturated carbocycles. The number of nitrogens with one attached hydrogen (secondary N) is 3. The first kappa shape index (κ1) is 21.4. The molecule has 148 valence electrons. The third-order valence-corrected chi connectivity index (χ3v) is 4.66. The van der Waals surface area contributed by atoms with Crippen LogP contribution in [0.2, 0.25) is 5.02 Å². The number of anilines is 1. The van der Waals surface area contributed by atoms with E-state index in [2.05, 4.69) is 16.0 Å². The van der Waals surface area contributed by atoms with Gasteiger partial charge in [-0.25, -0.2) is 0 Å². The Morgan fingerprint density at radius 1 is 0.964 bits per heavy atom. The van der Waals surface area contributed by atoms with Crippen LogP contribution in [0.25, 0.3) is 0 Å². The highest BCUT2D eigenvalue weighted by molar-refractivity contribution is 6.34. The van der Waals surface area contributed by atoms with Crippen molar-refractivity contribution < 1.29 is 14.4 Å². The SMILES string of the molecule is CNC(=O)c1cc(NC(=O)C(NC(=O)c2ccccc2C)C(C)C)ccc1Cl. The van der Waals surface area contributed by atoms with Gasteiger partial charge in [0, 0.05) is 18.3 Å². The van der Waals surface area contributed by atoms with Crippen LogP contribution in [-0.4, -0.2) is 30.8 Å². The fourth-order valence-corrected chi connectivity index (χ4v) is 2.92. The lowest BCUT2D eigenvalue weighted by Gasteiger charge is -2.22. The third-order valence-electron chi connectivity index (χ3n) is 4.33. The van der Waals surface area contributed by atoms with E-state index < -0.39 is 6.04 Å². The first-order valence-corrected chi connectivity index (χ1v) is 9.31. The standard InChI is InChI=1S/C21H24ClN3O3/c1-12(2)18(25-20(27)15-8-6-5-7-13(15)3)21(28)24-14-9-10-17(22)16(11-14)19(26)23-4/h5-12,18H,1-4H3,(H,23,26)(H,24,28)(H,25,27). The second-order valence-corrected chi connectivity index (χ2v) is 7.18. The second kappa shape index (κ2) is 9.37. The third kappa shape index (κ3) is 5.10. The van der Waals surface area contributed by atoms with Crippen LogP contribution < -0.4 is 16.0 Å². The molecule has 0 spiro atoms. The quantitative estimate of drug-likeness (QED) is 0.693. The zero-order valence-corrected chi connectivity index (χ0v) is 17.1. The Balaban J connectivity index is 2.19. The van der Waals surface area contributed by atoms with Crippen molar-refractivity contribution in [3.8, 4) is 0 Å². The van der Waals surface area contributed by atoms with E-state index in [1.54, 1.807) is 18.2 Å². The molecule has 1 unspecified atom stereocenters. The summed E-state index contributed by atoms with van der Waals surface area (Å²) < 4.78 is 0. The summed E-state index contributed by atoms with van der Waals surface area (Å²) in [6, 6.07) is 11.1. The Morgan fingerprint density at radius 3 is 2.25 bits per heavy atom. The molecule has 3 amide bonds. The zero-order chi connectivity index (χ0) is 20.8. The minimum Gasteiger partial charge on any atom is -0.355 e. The maximum absolute atomic E-state index is 12.8. The maximum atomic E-state index is 12.8. The van der Waals surface area contributed by atoms with Gasteiger partial charge in [0.25, 0.3) is 11.8 Å². The van der Waals surface area contributed by atoms with E-state index >= 15 is 0 Å². The number of hydrogen-bond donors (Lipinski definition) is 3. The van der Waals surface area contributed by atoms with E-state index in [4.69, 9.17) is 11.6 Å². The highest BCUT2D eigenvalue weighted by Gasteiger charge is 2.25. The number of carbonyl (C=O) groups is 3. The summed E-state index contributed by atoms with van der Waals surface area (Å²) >= 11 is 6.04. The smallest absolute Gasteiger partial charge is 0.252 e. The van der Waals surface area contributed by atoms with E-state index in [9.17, 15) is 14.4 Å². The largest absolute Gasteiger partial charge is 0.355 e. The molecule has 28 heavy (non-hydrogen) atoms. The van der Waals surface area contributed by atoms with Gasteiger partial charge in [0.1, 0.15) is 6.04 Å². The van der Waals surface area contributed by atoms with Gasteiger partial charge in [-0.2, -0.15) is 0 Å². The van der Waals surface area contributed by atoms with E-state index in [0.29, 0.717) is 11.3 Å². The zero-order valence-electron chi connectivity index (χ0n) is 16.3. The molecule has 2 aromatic carbocycles. The van der Waals surface area contributed by atoms with E-state index in [0.717, 1.165) is 5.56 Å². The van der Waals surface area contributed by atoms with Crippen molar-refractivity contribution in [1.82, 2.24) is 10.6 Å². The first-order valence-electron chi connectivity index (χ1n) is 8.93. The predicted octanol–water partition coefficient (Wildman–Crippen LogP) is 3.40. The van der Waals surface area contributed by atoms with Crippen LogP contribution in [0.3, 0.4) is 0 Å². The molecule has 0 aliphatic rings. The lowest BCUT2D eigenvalue weighted by atomic mass is 10.0. The van der Waals surface area contributed by atoms with Gasteiger partial charge in [0.2, 0.25) is 5.91 Å². The molecule has 0 saturated heterocycles. The second-order valence-electron chi connectivity index (χ2n) is 6.77. The molecule has 0 aliphatic heterocycles. The van der Waals surface area contributed by atoms with Crippen LogP contribution in [0.4, 0.5) is 5.69 Å². The predicted molar refractivity (Wildman–Crippen MR) is 111 cm³/mol. The van der Waals surface area contributed by atoms with E-state index in [1.165, 1.54) is 19.2 Å². The Hall–Kier alpha value is -2.86. The molecule has 3 N–H and O–H groups in total. The number of aryl methyl sites for hydroxylation is 1. The van der Waals surface area contributed by atoms with E-state index in [1.807, 2.05) is 32.9 Å². The van der Waals surface area contributed by atoms with Crippen LogP contribution >= 0.6 is 11.6 Å². The summed E-state index contributed by atoms with van der Waals surface area (Å²) in [5.74, 6) is -1.18. The molecule has 1 atom stereocenters. The summed E-state index contributed by atoms with van der Waals surface area (Å²) in [5, 5.41) is 8.33. The fourth-order valence-electron chi connectivity index (χ4n) is 2.71. The van der Waals surface area contributed by atoms with Gasteiger partial charge in [-0.3, -0.25) is 14.4 Å². The van der Waals surface area contributed by atoms with Crippen LogP contribution in [0, 0.1) is 12.8 Å². The summed E-state index contributed by atoms with van der Waals surface area (Å²) in [6.45, 7) is 5.54. The van der Waals surface area contributed by atoms with Crippen molar-refractivity contribution in [2.75, 3.05) is 12.4 Å². The molecule has 2 aromatic rings. The summed E-state index contributed by atoms with van der Waals surface area (Å²) in [5.41, 5.74) is 2.03. The average molecular weight is 402 g/mol. The van der Waals surface area contributed by atoms with Gasteiger partial charge in [-0.1, -0.05) is 43.6 Å². The Morgan fingerprint density at radius 2 is 1.64 bits per heavy atom. The van der Waals surface area contributed by atoms with Crippen LogP contribution in [0.15, 0.2) is 42.5 Å². The Kier molecular flexibility index (Phi) is 7.18. The molecule has 0 aliphatic carbocycles. The lowest BCUT2D eigenvalue weighted by Crippen LogP contribution is -2.47. The van der Waals surface area contributed by atoms with Gasteiger partial charge in [0.15, 0.2) is 0 Å². The highest BCUT2D eigenvalue weighted by Crippen LogP contribution is 2.21. The average Bonchev–Trinajstić information content (AvgIpc) is 2.66. The molecular weight excluding hydrogens is 378 g/mol. The van der Waals surface area contributed by atoms with E-state index in [-0.39, 0.29) is 34.2 Å². The van der Waals surface area contributed by atoms with Crippen molar-refractivity contribution in [1.29, 1.82) is 0 Å². The van der Waals surface area contributed by atoms with Gasteiger partial charge in [-0.15, -0.1) is 0 Å². The molecule has 6 nitrogen and oxygen atoms in total. The number of benzene rings is 2. The van der Waals surface area contributed by atoms with Crippen LogP contribution in [0.5, 0.6) is 0 Å². The number of hydrogen-bond acceptors (Lipinski definition) is 3. The van der Waals surface area contributed by atoms with Crippen LogP contribution in [-0.2, 0) is 4.79 Å². The molecule has 0 heterocycles. The number of halogens is 1. The van der Waals surface area contributed by atoms with Crippen molar-refractivity contribution in [3.63, 3.8) is 0 Å². The van der Waals surface area contributed by atoms with Gasteiger partial charge in [-0.05, 0) is 42.7 Å². The molecule has 2 rings (SSSR count). The van der Waals surface area contributed by atoms with Crippen molar-refractivity contribution in [2.24, 2.45) is 5.92 Å². The van der Waals surface area contributed by atoms with Gasteiger partial charge >= 0.3 is 0 Å². The molecular formula is C21H24ClN3O3. The molecule has 0 bridgehead atoms. The maximum Gasteiger partial charge on any atom is 0.252 e. The lowest BCUT2D eigenvalue weighted by molar-refractivity contribution is -0.118. The fraction of sp³-hybridized carbons (Fsp3) is 0.286. The number of rotatable bonds is 6. The molecule has 0 fully saturated rings. The summed E-state index contributed by atoms with van der Waals surface area (Å²) in [6.07, 6.45) is 0. The van der Waals surface area contributed by atoms with Crippen molar-refractivity contribution in [3.05, 3.63) is 64.2 Å². The minimum absolute atomic E-state index is 0.140.